The maximum absolute atomic E-state index is 9.51. The summed E-state index contributed by atoms with van der Waals surface area (Å²) in [5.41, 5.74) is 1.26. The minimum atomic E-state index is 0.0216. The molecule has 1 unspecified atom stereocenters. The SMILES string of the molecule is CC1(C)C(CO)CCCN1c1cccc(Br)c1. The minimum absolute atomic E-state index is 0.0216. The fourth-order valence-electron chi connectivity index (χ4n) is 2.78. The van der Waals surface area contributed by atoms with Crippen LogP contribution in [0.4, 0.5) is 5.69 Å². The number of aliphatic hydroxyl groups excluding tert-OH is 1. The van der Waals surface area contributed by atoms with E-state index in [1.807, 2.05) is 6.07 Å². The molecule has 1 aromatic rings. The molecular weight excluding hydrogens is 278 g/mol. The first-order chi connectivity index (χ1) is 8.05. The predicted molar refractivity (Wildman–Crippen MR) is 75.4 cm³/mol. The molecule has 0 radical (unpaired) electrons. The summed E-state index contributed by atoms with van der Waals surface area (Å²) in [6.07, 6.45) is 2.27. The standard InChI is InChI=1S/C14H20BrNO/c1-14(2)11(10-17)5-4-8-16(14)13-7-3-6-12(15)9-13/h3,6-7,9,11,17H,4-5,8,10H2,1-2H3. The van der Waals surface area contributed by atoms with Crippen molar-refractivity contribution in [3.63, 3.8) is 0 Å². The molecule has 1 aromatic carbocycles. The van der Waals surface area contributed by atoms with Crippen molar-refractivity contribution in [1.82, 2.24) is 0 Å². The summed E-state index contributed by atoms with van der Waals surface area (Å²) in [7, 11) is 0. The molecule has 1 aliphatic rings. The van der Waals surface area contributed by atoms with Gasteiger partial charge in [-0.05, 0) is 44.9 Å². The highest BCUT2D eigenvalue weighted by Gasteiger charge is 2.38. The lowest BCUT2D eigenvalue weighted by molar-refractivity contribution is 0.136. The number of rotatable bonds is 2. The van der Waals surface area contributed by atoms with Crippen molar-refractivity contribution >= 4 is 21.6 Å². The highest BCUT2D eigenvalue weighted by molar-refractivity contribution is 9.10. The number of piperidine rings is 1. The summed E-state index contributed by atoms with van der Waals surface area (Å²) in [5, 5.41) is 9.51. The van der Waals surface area contributed by atoms with E-state index in [0.717, 1.165) is 23.9 Å². The molecule has 0 bridgehead atoms. The largest absolute Gasteiger partial charge is 0.396 e. The van der Waals surface area contributed by atoms with Gasteiger partial charge in [-0.15, -0.1) is 0 Å². The summed E-state index contributed by atoms with van der Waals surface area (Å²) in [6, 6.07) is 8.41. The number of hydrogen-bond acceptors (Lipinski definition) is 2. The molecule has 94 valence electrons. The van der Waals surface area contributed by atoms with Gasteiger partial charge in [0.25, 0.3) is 0 Å². The molecule has 3 heteroatoms. The number of nitrogens with zero attached hydrogens (tertiary/aromatic N) is 1. The van der Waals surface area contributed by atoms with E-state index in [0.29, 0.717) is 5.92 Å². The van der Waals surface area contributed by atoms with Crippen LogP contribution in [0.2, 0.25) is 0 Å². The fraction of sp³-hybridized carbons (Fsp3) is 0.571. The van der Waals surface area contributed by atoms with Crippen molar-refractivity contribution in [2.45, 2.75) is 32.2 Å². The second-order valence-corrected chi connectivity index (χ2v) is 6.22. The zero-order chi connectivity index (χ0) is 12.5. The third-order valence-electron chi connectivity index (χ3n) is 3.97. The van der Waals surface area contributed by atoms with Crippen LogP contribution in [0.25, 0.3) is 0 Å². The molecule has 2 nitrogen and oxygen atoms in total. The average Bonchev–Trinajstić information content (AvgIpc) is 2.28. The maximum Gasteiger partial charge on any atom is 0.0481 e. The molecule has 1 atom stereocenters. The third-order valence-corrected chi connectivity index (χ3v) is 4.46. The lowest BCUT2D eigenvalue weighted by atomic mass is 9.79. The summed E-state index contributed by atoms with van der Waals surface area (Å²) in [6.45, 7) is 5.80. The van der Waals surface area contributed by atoms with Gasteiger partial charge in [0, 0.05) is 34.8 Å². The quantitative estimate of drug-likeness (QED) is 0.904. The lowest BCUT2D eigenvalue weighted by Gasteiger charge is -2.49. The van der Waals surface area contributed by atoms with Gasteiger partial charge in [0.15, 0.2) is 0 Å². The van der Waals surface area contributed by atoms with Crippen molar-refractivity contribution < 1.29 is 5.11 Å². The molecule has 1 N–H and O–H groups in total. The molecule has 2 rings (SSSR count). The van der Waals surface area contributed by atoms with E-state index >= 15 is 0 Å². The lowest BCUT2D eigenvalue weighted by Crippen LogP contribution is -2.54. The van der Waals surface area contributed by atoms with E-state index in [4.69, 9.17) is 0 Å². The fourth-order valence-corrected chi connectivity index (χ4v) is 3.17. The van der Waals surface area contributed by atoms with Crippen LogP contribution >= 0.6 is 15.9 Å². The Morgan fingerprint density at radius 3 is 2.88 bits per heavy atom. The first-order valence-corrected chi connectivity index (χ1v) is 6.99. The number of aliphatic hydroxyl groups is 1. The topological polar surface area (TPSA) is 23.5 Å². The molecule has 0 aliphatic carbocycles. The number of halogens is 1. The Kier molecular flexibility index (Phi) is 3.79. The van der Waals surface area contributed by atoms with Gasteiger partial charge >= 0.3 is 0 Å². The Balaban J connectivity index is 2.31. The van der Waals surface area contributed by atoms with Crippen LogP contribution in [0.5, 0.6) is 0 Å². The molecule has 17 heavy (non-hydrogen) atoms. The smallest absolute Gasteiger partial charge is 0.0481 e. The second-order valence-electron chi connectivity index (χ2n) is 5.31. The molecule has 1 aliphatic heterocycles. The van der Waals surface area contributed by atoms with Crippen molar-refractivity contribution in [3.8, 4) is 0 Å². The van der Waals surface area contributed by atoms with E-state index in [1.165, 1.54) is 5.69 Å². The van der Waals surface area contributed by atoms with Gasteiger partial charge in [-0.3, -0.25) is 0 Å². The van der Waals surface area contributed by atoms with Crippen molar-refractivity contribution in [3.05, 3.63) is 28.7 Å². The van der Waals surface area contributed by atoms with Crippen LogP contribution in [0.3, 0.4) is 0 Å². The first-order valence-electron chi connectivity index (χ1n) is 6.20. The van der Waals surface area contributed by atoms with Crippen LogP contribution in [0.15, 0.2) is 28.7 Å². The van der Waals surface area contributed by atoms with Gasteiger partial charge in [0.1, 0.15) is 0 Å². The molecule has 1 saturated heterocycles. The summed E-state index contributed by atoms with van der Waals surface area (Å²) in [5.74, 6) is 0.357. The Bertz CT molecular complexity index is 392. The van der Waals surface area contributed by atoms with Gasteiger partial charge in [-0.1, -0.05) is 22.0 Å². The van der Waals surface area contributed by atoms with Crippen molar-refractivity contribution in [1.29, 1.82) is 0 Å². The normalized spacial score (nSPS) is 23.8. The van der Waals surface area contributed by atoms with E-state index in [1.54, 1.807) is 0 Å². The predicted octanol–water partition coefficient (Wildman–Crippen LogP) is 3.44. The second kappa shape index (κ2) is 4.99. The van der Waals surface area contributed by atoms with Crippen molar-refractivity contribution in [2.24, 2.45) is 5.92 Å². The minimum Gasteiger partial charge on any atom is -0.396 e. The maximum atomic E-state index is 9.51. The van der Waals surface area contributed by atoms with E-state index in [2.05, 4.69) is 52.9 Å². The van der Waals surface area contributed by atoms with Gasteiger partial charge in [-0.25, -0.2) is 0 Å². The van der Waals surface area contributed by atoms with E-state index in [-0.39, 0.29) is 12.1 Å². The Labute approximate surface area is 112 Å². The number of hydrogen-bond donors (Lipinski definition) is 1. The molecule has 0 aromatic heterocycles. The molecule has 0 amide bonds. The Hall–Kier alpha value is -0.540. The van der Waals surface area contributed by atoms with Crippen molar-refractivity contribution in [2.75, 3.05) is 18.1 Å². The third kappa shape index (κ3) is 2.50. The Morgan fingerprint density at radius 2 is 2.24 bits per heavy atom. The molecular formula is C14H20BrNO. The summed E-state index contributed by atoms with van der Waals surface area (Å²) < 4.78 is 1.11. The molecule has 0 saturated carbocycles. The highest BCUT2D eigenvalue weighted by Crippen LogP contribution is 2.37. The van der Waals surface area contributed by atoms with Crippen LogP contribution in [0.1, 0.15) is 26.7 Å². The summed E-state index contributed by atoms with van der Waals surface area (Å²) >= 11 is 3.52. The average molecular weight is 298 g/mol. The zero-order valence-electron chi connectivity index (χ0n) is 10.5. The monoisotopic (exact) mass is 297 g/mol. The molecule has 1 heterocycles. The number of benzene rings is 1. The Morgan fingerprint density at radius 1 is 1.47 bits per heavy atom. The van der Waals surface area contributed by atoms with E-state index < -0.39 is 0 Å². The summed E-state index contributed by atoms with van der Waals surface area (Å²) in [4.78, 5) is 2.42. The van der Waals surface area contributed by atoms with Crippen LogP contribution in [-0.4, -0.2) is 23.8 Å². The van der Waals surface area contributed by atoms with Crippen LogP contribution in [-0.2, 0) is 0 Å². The molecule has 1 fully saturated rings. The number of anilines is 1. The van der Waals surface area contributed by atoms with Gasteiger partial charge in [0.05, 0.1) is 0 Å². The van der Waals surface area contributed by atoms with E-state index in [9.17, 15) is 5.11 Å². The first kappa shape index (κ1) is 12.9. The zero-order valence-corrected chi connectivity index (χ0v) is 12.1. The van der Waals surface area contributed by atoms with Crippen LogP contribution in [0, 0.1) is 5.92 Å². The van der Waals surface area contributed by atoms with Crippen LogP contribution < -0.4 is 4.90 Å². The molecule has 0 spiro atoms. The van der Waals surface area contributed by atoms with Gasteiger partial charge in [-0.2, -0.15) is 0 Å². The van der Waals surface area contributed by atoms with Gasteiger partial charge < -0.3 is 10.0 Å². The highest BCUT2D eigenvalue weighted by atomic mass is 79.9. The van der Waals surface area contributed by atoms with Gasteiger partial charge in [0.2, 0.25) is 0 Å².